The van der Waals surface area contributed by atoms with Crippen LogP contribution in [0.15, 0.2) is 49.6 Å². The number of azo groups is 1. The van der Waals surface area contributed by atoms with E-state index in [4.69, 9.17) is 9.68 Å². The van der Waals surface area contributed by atoms with Crippen LogP contribution in [-0.2, 0) is 0 Å². The summed E-state index contributed by atoms with van der Waals surface area (Å²) in [7, 11) is 0. The molecule has 0 amide bonds. The van der Waals surface area contributed by atoms with Gasteiger partial charge in [-0.3, -0.25) is 4.79 Å². The molecule has 3 aromatic rings. The summed E-state index contributed by atoms with van der Waals surface area (Å²) in [6.07, 6.45) is -0.0876. The number of benzene rings is 1. The van der Waals surface area contributed by atoms with Gasteiger partial charge in [-0.15, -0.1) is 5.11 Å². The van der Waals surface area contributed by atoms with Crippen molar-refractivity contribution in [3.05, 3.63) is 46.3 Å². The predicted molar refractivity (Wildman–Crippen MR) is 84.7 cm³/mol. The molecule has 0 aliphatic carbocycles. The first kappa shape index (κ1) is 14.7. The number of carbonyl (C=O) groups is 1. The van der Waals surface area contributed by atoms with E-state index in [0.717, 1.165) is 14.5 Å². The van der Waals surface area contributed by atoms with E-state index in [1.807, 2.05) is 12.1 Å². The molecule has 8 nitrogen and oxygen atoms in total. The van der Waals surface area contributed by atoms with Gasteiger partial charge in [0, 0.05) is 9.86 Å². The lowest BCUT2D eigenvalue weighted by atomic mass is 10.1. The number of hydrogen-bond acceptors (Lipinski definition) is 7. The monoisotopic (exact) mass is 385 g/mol. The van der Waals surface area contributed by atoms with Crippen molar-refractivity contribution in [2.24, 2.45) is 10.2 Å². The number of aliphatic hydroxyl groups excluding tert-OH is 1. The van der Waals surface area contributed by atoms with Crippen molar-refractivity contribution in [2.45, 2.75) is 12.3 Å². The van der Waals surface area contributed by atoms with Crippen molar-refractivity contribution in [3.8, 4) is 6.07 Å². The van der Waals surface area contributed by atoms with Crippen LogP contribution in [0.2, 0.25) is 0 Å². The van der Waals surface area contributed by atoms with Crippen LogP contribution >= 0.6 is 15.9 Å². The Bertz CT molecular complexity index is 1050. The second kappa shape index (κ2) is 5.36. The summed E-state index contributed by atoms with van der Waals surface area (Å²) >= 11 is 3.35. The summed E-state index contributed by atoms with van der Waals surface area (Å²) < 4.78 is 7.50. The zero-order chi connectivity index (χ0) is 16.8. The van der Waals surface area contributed by atoms with Crippen LogP contribution in [0, 0.1) is 11.3 Å². The highest BCUT2D eigenvalue weighted by atomic mass is 79.9. The second-order valence-electron chi connectivity index (χ2n) is 5.17. The zero-order valence-electron chi connectivity index (χ0n) is 11.9. The van der Waals surface area contributed by atoms with Gasteiger partial charge in [-0.25, -0.2) is 4.68 Å². The first-order chi connectivity index (χ1) is 11.6. The smallest absolute Gasteiger partial charge is 0.229 e. The number of aromatic nitrogens is 2. The van der Waals surface area contributed by atoms with Gasteiger partial charge < -0.3 is 9.52 Å². The van der Waals surface area contributed by atoms with Gasteiger partial charge in [0.2, 0.25) is 5.78 Å². The molecule has 1 aliphatic heterocycles. The van der Waals surface area contributed by atoms with Crippen LogP contribution in [-0.4, -0.2) is 26.7 Å². The Morgan fingerprint density at radius 2 is 2.25 bits per heavy atom. The van der Waals surface area contributed by atoms with Crippen LogP contribution in [0.1, 0.15) is 22.3 Å². The molecule has 9 heteroatoms. The van der Waals surface area contributed by atoms with Gasteiger partial charge in [-0.05, 0) is 24.3 Å². The highest BCUT2D eigenvalue weighted by Crippen LogP contribution is 2.32. The van der Waals surface area contributed by atoms with Crippen molar-refractivity contribution < 1.29 is 14.3 Å². The number of aliphatic hydroxyl groups is 1. The lowest BCUT2D eigenvalue weighted by Gasteiger charge is -2.21. The summed E-state index contributed by atoms with van der Waals surface area (Å²) in [5.74, 6) is -0.317. The fourth-order valence-electron chi connectivity index (χ4n) is 2.51. The number of carbonyl (C=O) groups excluding carboxylic acids is 1. The summed E-state index contributed by atoms with van der Waals surface area (Å²) in [4.78, 5) is 12.6. The van der Waals surface area contributed by atoms with Crippen LogP contribution in [0.25, 0.3) is 11.0 Å². The van der Waals surface area contributed by atoms with Gasteiger partial charge in [0.05, 0.1) is 6.20 Å². The number of fused-ring (bicyclic) bond motifs is 2. The van der Waals surface area contributed by atoms with Gasteiger partial charge in [0.15, 0.2) is 23.8 Å². The highest BCUT2D eigenvalue weighted by Gasteiger charge is 2.36. The molecule has 0 saturated heterocycles. The maximum absolute atomic E-state index is 12.6. The minimum absolute atomic E-state index is 0.0715. The van der Waals surface area contributed by atoms with E-state index < -0.39 is 18.1 Å². The van der Waals surface area contributed by atoms with Gasteiger partial charge in [0.25, 0.3) is 0 Å². The van der Waals surface area contributed by atoms with Gasteiger partial charge in [0.1, 0.15) is 17.2 Å². The van der Waals surface area contributed by atoms with E-state index in [1.165, 1.54) is 6.20 Å². The Morgan fingerprint density at radius 3 is 3.04 bits per heavy atom. The molecule has 0 radical (unpaired) electrons. The number of nitrogens with zero attached hydrogens (tertiary/aromatic N) is 5. The maximum atomic E-state index is 12.6. The topological polar surface area (TPSA) is 117 Å². The lowest BCUT2D eigenvalue weighted by Crippen LogP contribution is -2.32. The number of rotatable bonds is 2. The molecule has 0 spiro atoms. The Morgan fingerprint density at radius 1 is 1.42 bits per heavy atom. The predicted octanol–water partition coefficient (Wildman–Crippen LogP) is 3.10. The number of ketones is 1. The number of furan rings is 1. The molecule has 2 aromatic heterocycles. The highest BCUT2D eigenvalue weighted by molar-refractivity contribution is 9.10. The molecule has 24 heavy (non-hydrogen) atoms. The number of nitriles is 1. The third-order valence-electron chi connectivity index (χ3n) is 3.69. The summed E-state index contributed by atoms with van der Waals surface area (Å²) in [6, 6.07) is 7.65. The Kier molecular flexibility index (Phi) is 3.30. The first-order valence-corrected chi connectivity index (χ1v) is 7.67. The average Bonchev–Trinajstić information content (AvgIpc) is 3.18. The van der Waals surface area contributed by atoms with E-state index in [9.17, 15) is 9.90 Å². The first-order valence-electron chi connectivity index (χ1n) is 6.88. The maximum Gasteiger partial charge on any atom is 0.229 e. The molecular formula is C15H8BrN5O3. The molecule has 0 bridgehead atoms. The molecule has 3 heterocycles. The minimum Gasteiger partial charge on any atom is -0.453 e. The third-order valence-corrected chi connectivity index (χ3v) is 4.18. The van der Waals surface area contributed by atoms with Gasteiger partial charge in [-0.2, -0.15) is 15.5 Å². The fourth-order valence-corrected chi connectivity index (χ4v) is 2.89. The molecule has 2 atom stereocenters. The number of hydrogen-bond donors (Lipinski definition) is 1. The average molecular weight is 386 g/mol. The SMILES string of the molecule is N#Cc1cnn2c1N=NC(C(=O)c1cc3cc(Br)ccc3o1)C2O. The summed E-state index contributed by atoms with van der Waals surface area (Å²) in [5, 5.41) is 31.6. The van der Waals surface area contributed by atoms with E-state index >= 15 is 0 Å². The van der Waals surface area contributed by atoms with Crippen molar-refractivity contribution >= 4 is 38.5 Å². The molecule has 4 rings (SSSR count). The summed E-state index contributed by atoms with van der Waals surface area (Å²) in [5.41, 5.74) is 0.729. The van der Waals surface area contributed by atoms with Crippen LogP contribution < -0.4 is 0 Å². The number of Topliss-reactive ketones (excluding diaryl/α,β-unsaturated/α-hetero) is 1. The van der Waals surface area contributed by atoms with Gasteiger partial charge >= 0.3 is 0 Å². The molecule has 1 N–H and O–H groups in total. The van der Waals surface area contributed by atoms with E-state index in [0.29, 0.717) is 5.58 Å². The molecule has 1 aromatic carbocycles. The van der Waals surface area contributed by atoms with Crippen LogP contribution in [0.3, 0.4) is 0 Å². The van der Waals surface area contributed by atoms with Crippen molar-refractivity contribution in [1.82, 2.24) is 9.78 Å². The second-order valence-corrected chi connectivity index (χ2v) is 6.08. The molecule has 1 aliphatic rings. The van der Waals surface area contributed by atoms with Crippen molar-refractivity contribution in [2.75, 3.05) is 0 Å². The normalized spacial score (nSPS) is 19.2. The molecule has 2 unspecified atom stereocenters. The molecule has 0 fully saturated rings. The van der Waals surface area contributed by atoms with Gasteiger partial charge in [-0.1, -0.05) is 15.9 Å². The van der Waals surface area contributed by atoms with E-state index in [2.05, 4.69) is 31.3 Å². The van der Waals surface area contributed by atoms with E-state index in [-0.39, 0.29) is 17.1 Å². The zero-order valence-corrected chi connectivity index (χ0v) is 13.5. The molecular weight excluding hydrogens is 378 g/mol. The Balaban J connectivity index is 1.71. The summed E-state index contributed by atoms with van der Waals surface area (Å²) in [6.45, 7) is 0. The fraction of sp³-hybridized carbons (Fsp3) is 0.133. The van der Waals surface area contributed by atoms with Crippen molar-refractivity contribution in [1.29, 1.82) is 5.26 Å². The molecule has 0 saturated carbocycles. The lowest BCUT2D eigenvalue weighted by molar-refractivity contribution is 0.0467. The van der Waals surface area contributed by atoms with Crippen molar-refractivity contribution in [3.63, 3.8) is 0 Å². The quantitative estimate of drug-likeness (QED) is 0.680. The standard InChI is InChI=1S/C15H8BrN5O3/c16-9-1-2-10-7(3-9)4-11(24-10)13(22)12-15(23)21-14(20-19-12)8(5-17)6-18-21/h1-4,6,12,15,23H. The Hall–Kier alpha value is -2.83. The van der Waals surface area contributed by atoms with E-state index in [1.54, 1.807) is 18.2 Å². The largest absolute Gasteiger partial charge is 0.453 e. The van der Waals surface area contributed by atoms with Crippen LogP contribution in [0.4, 0.5) is 5.82 Å². The number of halogens is 1. The minimum atomic E-state index is -1.35. The Labute approximate surface area is 143 Å². The van der Waals surface area contributed by atoms with Crippen LogP contribution in [0.5, 0.6) is 0 Å². The molecule has 118 valence electrons. The third kappa shape index (κ3) is 2.16.